The van der Waals surface area contributed by atoms with Crippen LogP contribution in [0.25, 0.3) is 10.9 Å². The molecule has 2 aromatic carbocycles. The van der Waals surface area contributed by atoms with Gasteiger partial charge in [-0.05, 0) is 44.0 Å². The van der Waals surface area contributed by atoms with Crippen molar-refractivity contribution in [1.82, 2.24) is 0 Å². The standard InChI is InChI=1S/C14H20O3.C10H10N.C4H10.C2H6/c1-3-12-9-11(2)16-14(17-12)10-15-13-7-5-4-6-8-13;1-11-8-4-6-9-5-2-3-7-10(9)11;1-3-4-2;1-2/h4-8,11-12,14H,3,9-10H2,1-2H3;2-8H,1H3;3-4H2,1-2H3;1-2H3/q;+1;;. The molecule has 0 aliphatic carbocycles. The Morgan fingerprint density at radius 1 is 0.853 bits per heavy atom. The maximum atomic E-state index is 5.78. The summed E-state index contributed by atoms with van der Waals surface area (Å²) in [5.41, 5.74) is 1.27. The van der Waals surface area contributed by atoms with Crippen molar-refractivity contribution in [3.05, 3.63) is 72.9 Å². The van der Waals surface area contributed by atoms with Gasteiger partial charge in [-0.3, -0.25) is 0 Å². The number of hydrogen-bond donors (Lipinski definition) is 0. The number of nitrogens with zero attached hydrogens (tertiary/aromatic N) is 1. The Hall–Kier alpha value is -2.43. The number of rotatable bonds is 5. The number of hydrogen-bond acceptors (Lipinski definition) is 3. The molecule has 0 radical (unpaired) electrons. The van der Waals surface area contributed by atoms with Crippen LogP contribution in [-0.4, -0.2) is 25.1 Å². The number of fused-ring (bicyclic) bond motifs is 1. The summed E-state index contributed by atoms with van der Waals surface area (Å²) in [4.78, 5) is 0. The summed E-state index contributed by atoms with van der Waals surface area (Å²) >= 11 is 0. The number of benzene rings is 2. The lowest BCUT2D eigenvalue weighted by Gasteiger charge is -2.33. The topological polar surface area (TPSA) is 31.6 Å². The summed E-state index contributed by atoms with van der Waals surface area (Å²) in [6.45, 7) is 13.0. The molecule has 0 bridgehead atoms. The van der Waals surface area contributed by atoms with Crippen LogP contribution in [0.3, 0.4) is 0 Å². The number of unbranched alkanes of at least 4 members (excludes halogenated alkanes) is 1. The Balaban J connectivity index is 0.000000291. The molecule has 1 aromatic heterocycles. The molecule has 1 saturated heterocycles. The summed E-state index contributed by atoms with van der Waals surface area (Å²) in [7, 11) is 2.06. The van der Waals surface area contributed by atoms with Crippen LogP contribution >= 0.6 is 0 Å². The Labute approximate surface area is 207 Å². The lowest BCUT2D eigenvalue weighted by Crippen LogP contribution is -2.39. The molecule has 3 atom stereocenters. The van der Waals surface area contributed by atoms with Crippen molar-refractivity contribution in [3.63, 3.8) is 0 Å². The summed E-state index contributed by atoms with van der Waals surface area (Å²) in [5.74, 6) is 0.853. The van der Waals surface area contributed by atoms with E-state index in [9.17, 15) is 0 Å². The largest absolute Gasteiger partial charge is 0.488 e. The van der Waals surface area contributed by atoms with Crippen LogP contribution in [0, 0.1) is 0 Å². The van der Waals surface area contributed by atoms with Gasteiger partial charge < -0.3 is 14.2 Å². The van der Waals surface area contributed by atoms with Gasteiger partial charge in [0.1, 0.15) is 19.4 Å². The molecule has 1 aliphatic rings. The second-order valence-electron chi connectivity index (χ2n) is 8.08. The fourth-order valence-electron chi connectivity index (χ4n) is 3.32. The van der Waals surface area contributed by atoms with Crippen molar-refractivity contribution in [2.75, 3.05) is 6.61 Å². The first-order valence-corrected chi connectivity index (χ1v) is 12.9. The predicted octanol–water partition coefficient (Wildman–Crippen LogP) is 7.49. The molecule has 4 rings (SSSR count). The van der Waals surface area contributed by atoms with Crippen molar-refractivity contribution in [1.29, 1.82) is 0 Å². The first-order valence-electron chi connectivity index (χ1n) is 12.9. The van der Waals surface area contributed by atoms with Crippen molar-refractivity contribution >= 4 is 10.9 Å². The van der Waals surface area contributed by atoms with Gasteiger partial charge >= 0.3 is 0 Å². The highest BCUT2D eigenvalue weighted by Crippen LogP contribution is 2.21. The number of para-hydroxylation sites is 2. The predicted molar refractivity (Wildman–Crippen MR) is 143 cm³/mol. The molecule has 0 amide bonds. The third-order valence-electron chi connectivity index (χ3n) is 5.31. The maximum Gasteiger partial charge on any atom is 0.212 e. The van der Waals surface area contributed by atoms with E-state index in [1.54, 1.807) is 0 Å². The third kappa shape index (κ3) is 11.1. The SMILES string of the molecule is CC.CCC1CC(C)OC(COc2ccccc2)O1.CCCC.C[n+]1cccc2ccccc21. The molecule has 3 unspecified atom stereocenters. The van der Waals surface area contributed by atoms with E-state index < -0.39 is 0 Å². The third-order valence-corrected chi connectivity index (χ3v) is 5.31. The first-order chi connectivity index (χ1) is 16.6. The van der Waals surface area contributed by atoms with Gasteiger partial charge in [-0.15, -0.1) is 0 Å². The zero-order valence-corrected chi connectivity index (χ0v) is 22.4. The highest BCUT2D eigenvalue weighted by atomic mass is 16.7. The van der Waals surface area contributed by atoms with E-state index in [1.165, 1.54) is 23.7 Å². The average Bonchev–Trinajstić information content (AvgIpc) is 2.90. The van der Waals surface area contributed by atoms with Crippen molar-refractivity contribution < 1.29 is 18.8 Å². The molecular formula is C30H46NO3+. The van der Waals surface area contributed by atoms with Gasteiger partial charge in [-0.1, -0.05) is 77.8 Å². The number of aryl methyl sites for hydroxylation is 1. The van der Waals surface area contributed by atoms with Gasteiger partial charge in [0, 0.05) is 17.5 Å². The number of aromatic nitrogens is 1. The second-order valence-corrected chi connectivity index (χ2v) is 8.08. The summed E-state index contributed by atoms with van der Waals surface area (Å²) < 4.78 is 19.2. The van der Waals surface area contributed by atoms with Crippen LogP contribution in [0.15, 0.2) is 72.9 Å². The van der Waals surface area contributed by atoms with E-state index in [0.29, 0.717) is 12.7 Å². The normalized spacial score (nSPS) is 18.9. The summed E-state index contributed by atoms with van der Waals surface area (Å²) in [6.07, 6.45) is 6.99. The zero-order chi connectivity index (χ0) is 25.2. The smallest absolute Gasteiger partial charge is 0.212 e. The van der Waals surface area contributed by atoms with Gasteiger partial charge in [0.15, 0.2) is 12.5 Å². The van der Waals surface area contributed by atoms with Gasteiger partial charge in [0.2, 0.25) is 5.52 Å². The highest BCUT2D eigenvalue weighted by molar-refractivity contribution is 5.74. The molecule has 0 N–H and O–H groups in total. The van der Waals surface area contributed by atoms with Crippen LogP contribution < -0.4 is 9.30 Å². The van der Waals surface area contributed by atoms with E-state index in [0.717, 1.165) is 18.6 Å². The summed E-state index contributed by atoms with van der Waals surface area (Å²) in [5, 5.41) is 1.29. The van der Waals surface area contributed by atoms with Crippen molar-refractivity contribution in [2.45, 2.75) is 85.7 Å². The minimum atomic E-state index is -0.246. The van der Waals surface area contributed by atoms with Crippen LogP contribution in [0.1, 0.15) is 67.2 Å². The van der Waals surface area contributed by atoms with Gasteiger partial charge in [0.05, 0.1) is 12.2 Å². The first kappa shape index (κ1) is 29.6. The Kier molecular flexibility index (Phi) is 15.6. The second kappa shape index (κ2) is 18.0. The minimum Gasteiger partial charge on any atom is -0.488 e. The Morgan fingerprint density at radius 3 is 2.09 bits per heavy atom. The minimum absolute atomic E-state index is 0.246. The molecule has 3 aromatic rings. The molecule has 4 nitrogen and oxygen atoms in total. The molecule has 34 heavy (non-hydrogen) atoms. The van der Waals surface area contributed by atoms with Gasteiger partial charge in [-0.2, -0.15) is 0 Å². The van der Waals surface area contributed by atoms with Crippen LogP contribution in [0.5, 0.6) is 5.75 Å². The van der Waals surface area contributed by atoms with Crippen LogP contribution in [0.4, 0.5) is 0 Å². The quantitative estimate of drug-likeness (QED) is 0.363. The highest BCUT2D eigenvalue weighted by Gasteiger charge is 2.26. The van der Waals surface area contributed by atoms with E-state index >= 15 is 0 Å². The average molecular weight is 469 g/mol. The van der Waals surface area contributed by atoms with Crippen LogP contribution in [0.2, 0.25) is 0 Å². The number of pyridine rings is 1. The molecule has 2 heterocycles. The van der Waals surface area contributed by atoms with Gasteiger partial charge in [-0.25, -0.2) is 4.57 Å². The Bertz CT molecular complexity index is 877. The van der Waals surface area contributed by atoms with E-state index in [4.69, 9.17) is 14.2 Å². The van der Waals surface area contributed by atoms with Crippen molar-refractivity contribution in [3.8, 4) is 5.75 Å². The molecule has 0 spiro atoms. The Morgan fingerprint density at radius 2 is 1.47 bits per heavy atom. The van der Waals surface area contributed by atoms with E-state index in [1.807, 2.05) is 44.2 Å². The monoisotopic (exact) mass is 468 g/mol. The lowest BCUT2D eigenvalue weighted by molar-refractivity contribution is -0.644. The molecule has 1 aliphatic heterocycles. The lowest BCUT2D eigenvalue weighted by atomic mass is 10.1. The fraction of sp³-hybridized carbons (Fsp3) is 0.500. The molecule has 0 saturated carbocycles. The van der Waals surface area contributed by atoms with E-state index in [-0.39, 0.29) is 12.4 Å². The fourth-order valence-corrected chi connectivity index (χ4v) is 3.32. The molecule has 4 heteroatoms. The summed E-state index contributed by atoms with van der Waals surface area (Å²) in [6, 6.07) is 22.3. The molecular weight excluding hydrogens is 422 g/mol. The van der Waals surface area contributed by atoms with Crippen LogP contribution in [-0.2, 0) is 16.5 Å². The molecule has 188 valence electrons. The van der Waals surface area contributed by atoms with E-state index in [2.05, 4.69) is 81.9 Å². The maximum absolute atomic E-state index is 5.78. The zero-order valence-electron chi connectivity index (χ0n) is 22.4. The van der Waals surface area contributed by atoms with Gasteiger partial charge in [0.25, 0.3) is 0 Å². The number of ether oxygens (including phenoxy) is 3. The molecule has 1 fully saturated rings. The van der Waals surface area contributed by atoms with Crippen molar-refractivity contribution in [2.24, 2.45) is 7.05 Å².